The number of hydrogen-bond donors (Lipinski definition) is 1. The van der Waals surface area contributed by atoms with Gasteiger partial charge in [-0.25, -0.2) is 0 Å². The van der Waals surface area contributed by atoms with Crippen molar-refractivity contribution in [3.8, 4) is 0 Å². The minimum absolute atomic E-state index is 0.0489. The minimum Gasteiger partial charge on any atom is -0.481 e. The summed E-state index contributed by atoms with van der Waals surface area (Å²) in [5.41, 5.74) is -1.18. The molecule has 0 aromatic rings. The SMILES string of the molecule is CN1CCNC(=O)C12CCN(C(=O)C1=CC(=O)CC(C)(C)O1)CC2. The van der Waals surface area contributed by atoms with Gasteiger partial charge in [-0.3, -0.25) is 19.3 Å². The number of amides is 2. The van der Waals surface area contributed by atoms with E-state index in [0.717, 1.165) is 6.54 Å². The lowest BCUT2D eigenvalue weighted by Gasteiger charge is -2.48. The second kappa shape index (κ2) is 5.88. The molecule has 24 heavy (non-hydrogen) atoms. The van der Waals surface area contributed by atoms with Crippen molar-refractivity contribution in [1.82, 2.24) is 15.1 Å². The summed E-state index contributed by atoms with van der Waals surface area (Å²) in [4.78, 5) is 40.6. The van der Waals surface area contributed by atoms with E-state index in [1.165, 1.54) is 6.08 Å². The van der Waals surface area contributed by atoms with Gasteiger partial charge in [0.25, 0.3) is 5.91 Å². The quantitative estimate of drug-likeness (QED) is 0.733. The number of piperidine rings is 1. The molecule has 2 saturated heterocycles. The summed E-state index contributed by atoms with van der Waals surface area (Å²) >= 11 is 0. The van der Waals surface area contributed by atoms with Crippen LogP contribution in [0.15, 0.2) is 11.8 Å². The largest absolute Gasteiger partial charge is 0.481 e. The van der Waals surface area contributed by atoms with Crippen LogP contribution in [0.4, 0.5) is 0 Å². The van der Waals surface area contributed by atoms with Crippen molar-refractivity contribution >= 4 is 17.6 Å². The summed E-state index contributed by atoms with van der Waals surface area (Å²) in [6, 6.07) is 0. The lowest BCUT2D eigenvalue weighted by atomic mass is 9.83. The third-order valence-corrected chi connectivity index (χ3v) is 5.25. The molecule has 0 saturated carbocycles. The van der Waals surface area contributed by atoms with Crippen LogP contribution in [0.5, 0.6) is 0 Å². The first-order valence-corrected chi connectivity index (χ1v) is 8.46. The maximum Gasteiger partial charge on any atom is 0.289 e. The fourth-order valence-corrected chi connectivity index (χ4v) is 3.82. The Morgan fingerprint density at radius 1 is 1.21 bits per heavy atom. The van der Waals surface area contributed by atoms with E-state index in [2.05, 4.69) is 10.2 Å². The van der Waals surface area contributed by atoms with Crippen molar-refractivity contribution in [2.24, 2.45) is 0 Å². The van der Waals surface area contributed by atoms with Crippen molar-refractivity contribution in [2.75, 3.05) is 33.2 Å². The summed E-state index contributed by atoms with van der Waals surface area (Å²) in [6.07, 6.45) is 2.76. The topological polar surface area (TPSA) is 79.0 Å². The molecule has 0 aromatic heterocycles. The molecule has 1 N–H and O–H groups in total. The number of carbonyl (C=O) groups is 3. The molecular formula is C17H25N3O4. The normalized spacial score (nSPS) is 26.6. The van der Waals surface area contributed by atoms with Gasteiger partial charge in [0.2, 0.25) is 5.91 Å². The molecule has 3 rings (SSSR count). The van der Waals surface area contributed by atoms with Crippen LogP contribution in [-0.2, 0) is 19.1 Å². The number of ether oxygens (including phenoxy) is 1. The molecule has 7 heteroatoms. The van der Waals surface area contributed by atoms with E-state index in [4.69, 9.17) is 4.74 Å². The summed E-state index contributed by atoms with van der Waals surface area (Å²) < 4.78 is 5.70. The Balaban J connectivity index is 1.69. The van der Waals surface area contributed by atoms with Crippen molar-refractivity contribution in [3.63, 3.8) is 0 Å². The Bertz CT molecular complexity index is 603. The zero-order chi connectivity index (χ0) is 17.5. The molecular weight excluding hydrogens is 310 g/mol. The van der Waals surface area contributed by atoms with Crippen LogP contribution < -0.4 is 5.32 Å². The van der Waals surface area contributed by atoms with Gasteiger partial charge in [-0.15, -0.1) is 0 Å². The highest BCUT2D eigenvalue weighted by atomic mass is 16.5. The van der Waals surface area contributed by atoms with Crippen LogP contribution in [-0.4, -0.2) is 71.8 Å². The van der Waals surface area contributed by atoms with Gasteiger partial charge in [-0.2, -0.15) is 0 Å². The molecule has 0 radical (unpaired) electrons. The summed E-state index contributed by atoms with van der Waals surface area (Å²) in [6.45, 7) is 6.04. The van der Waals surface area contributed by atoms with Crippen molar-refractivity contribution in [2.45, 2.75) is 44.2 Å². The zero-order valence-corrected chi connectivity index (χ0v) is 14.6. The van der Waals surface area contributed by atoms with Crippen molar-refractivity contribution in [1.29, 1.82) is 0 Å². The molecule has 3 aliphatic heterocycles. The second-order valence-electron chi connectivity index (χ2n) is 7.51. The molecule has 7 nitrogen and oxygen atoms in total. The average Bonchev–Trinajstić information content (AvgIpc) is 2.51. The van der Waals surface area contributed by atoms with Gasteiger partial charge in [0.1, 0.15) is 11.1 Å². The first kappa shape index (κ1) is 17.0. The lowest BCUT2D eigenvalue weighted by molar-refractivity contribution is -0.146. The Labute approximate surface area is 142 Å². The predicted octanol–water partition coefficient (Wildman–Crippen LogP) is 0.0611. The van der Waals surface area contributed by atoms with Crippen LogP contribution in [0, 0.1) is 0 Å². The van der Waals surface area contributed by atoms with Crippen LogP contribution in [0.1, 0.15) is 33.1 Å². The second-order valence-corrected chi connectivity index (χ2v) is 7.51. The van der Waals surface area contributed by atoms with Crippen LogP contribution in [0.3, 0.4) is 0 Å². The first-order chi connectivity index (χ1) is 11.2. The first-order valence-electron chi connectivity index (χ1n) is 8.46. The van der Waals surface area contributed by atoms with E-state index in [1.54, 1.807) is 18.7 Å². The summed E-state index contributed by atoms with van der Waals surface area (Å²) in [5.74, 6) is -0.180. The molecule has 0 aromatic carbocycles. The smallest absolute Gasteiger partial charge is 0.289 e. The van der Waals surface area contributed by atoms with Gasteiger partial charge in [-0.05, 0) is 33.7 Å². The number of carbonyl (C=O) groups excluding carboxylic acids is 3. The van der Waals surface area contributed by atoms with Crippen molar-refractivity contribution < 1.29 is 19.1 Å². The zero-order valence-electron chi connectivity index (χ0n) is 14.6. The number of likely N-dealkylation sites (tertiary alicyclic amines) is 1. The number of nitrogens with zero attached hydrogens (tertiary/aromatic N) is 2. The predicted molar refractivity (Wildman–Crippen MR) is 87.1 cm³/mol. The molecule has 2 amide bonds. The third kappa shape index (κ3) is 2.92. The molecule has 2 fully saturated rings. The van der Waals surface area contributed by atoms with Crippen molar-refractivity contribution in [3.05, 3.63) is 11.8 Å². The van der Waals surface area contributed by atoms with E-state index < -0.39 is 11.1 Å². The van der Waals surface area contributed by atoms with Crippen LogP contribution in [0.2, 0.25) is 0 Å². The van der Waals surface area contributed by atoms with E-state index in [0.29, 0.717) is 32.5 Å². The molecule has 1 spiro atoms. The summed E-state index contributed by atoms with van der Waals surface area (Å²) in [5, 5.41) is 2.93. The Morgan fingerprint density at radius 3 is 2.46 bits per heavy atom. The molecule has 0 bridgehead atoms. The number of piperazine rings is 1. The fraction of sp³-hybridized carbons (Fsp3) is 0.706. The standard InChI is InChI=1S/C17H25N3O4/c1-16(2)11-12(21)10-13(24-16)14(22)20-7-4-17(5-8-20)15(23)18-6-9-19(17)3/h10H,4-9,11H2,1-3H3,(H,18,23). The number of hydrogen-bond acceptors (Lipinski definition) is 5. The Hall–Kier alpha value is -1.89. The molecule has 0 aliphatic carbocycles. The Kier molecular flexibility index (Phi) is 4.15. The summed E-state index contributed by atoms with van der Waals surface area (Å²) in [7, 11) is 1.96. The lowest BCUT2D eigenvalue weighted by Crippen LogP contribution is -2.67. The fourth-order valence-electron chi connectivity index (χ4n) is 3.82. The Morgan fingerprint density at radius 2 is 1.88 bits per heavy atom. The highest BCUT2D eigenvalue weighted by Gasteiger charge is 2.47. The number of nitrogens with one attached hydrogen (secondary N) is 1. The molecule has 132 valence electrons. The maximum atomic E-state index is 12.7. The number of rotatable bonds is 1. The van der Waals surface area contributed by atoms with E-state index >= 15 is 0 Å². The van der Waals surface area contributed by atoms with Gasteiger partial charge in [0.05, 0.1) is 0 Å². The van der Waals surface area contributed by atoms with Crippen LogP contribution in [0.25, 0.3) is 0 Å². The third-order valence-electron chi connectivity index (χ3n) is 5.25. The van der Waals surface area contributed by atoms with E-state index in [9.17, 15) is 14.4 Å². The van der Waals surface area contributed by atoms with E-state index in [-0.39, 0.29) is 29.8 Å². The number of likely N-dealkylation sites (N-methyl/N-ethyl adjacent to an activating group) is 1. The van der Waals surface area contributed by atoms with Gasteiger partial charge in [-0.1, -0.05) is 0 Å². The minimum atomic E-state index is -0.655. The molecule has 3 aliphatic rings. The number of ketones is 1. The van der Waals surface area contributed by atoms with Gasteiger partial charge < -0.3 is 15.0 Å². The van der Waals surface area contributed by atoms with Gasteiger partial charge >= 0.3 is 0 Å². The van der Waals surface area contributed by atoms with Gasteiger partial charge in [0.15, 0.2) is 11.5 Å². The van der Waals surface area contributed by atoms with Crippen LogP contribution >= 0.6 is 0 Å². The average molecular weight is 335 g/mol. The monoisotopic (exact) mass is 335 g/mol. The molecule has 0 unspecified atom stereocenters. The highest BCUT2D eigenvalue weighted by molar-refractivity contribution is 6.02. The molecule has 0 atom stereocenters. The molecule has 3 heterocycles. The van der Waals surface area contributed by atoms with Gasteiger partial charge in [0, 0.05) is 38.7 Å². The van der Waals surface area contributed by atoms with E-state index in [1.807, 2.05) is 7.05 Å². The highest BCUT2D eigenvalue weighted by Crippen LogP contribution is 2.32. The number of allylic oxidation sites excluding steroid dienone is 1. The maximum absolute atomic E-state index is 12.7.